The molecule has 0 aliphatic carbocycles. The Morgan fingerprint density at radius 2 is 1.22 bits per heavy atom. The maximum Gasteiger partial charge on any atom is 0.500 e. The van der Waals surface area contributed by atoms with Crippen molar-refractivity contribution in [3.8, 4) is 0 Å². The molecule has 23 heavy (non-hydrogen) atoms. The minimum Gasteiger partial charge on any atom is -0.377 e. The van der Waals surface area contributed by atoms with Crippen LogP contribution in [0.4, 0.5) is 0 Å². The smallest absolute Gasteiger partial charge is 0.377 e. The van der Waals surface area contributed by atoms with Gasteiger partial charge in [0, 0.05) is 26.9 Å². The van der Waals surface area contributed by atoms with Gasteiger partial charge in [0.1, 0.15) is 0 Å². The fourth-order valence-electron chi connectivity index (χ4n) is 2.34. The predicted octanol–water partition coefficient (Wildman–Crippen LogP) is 3.18. The molecule has 6 heteroatoms. The molecular weight excluding hydrogens is 308 g/mol. The summed E-state index contributed by atoms with van der Waals surface area (Å²) in [4.78, 5) is 0. The van der Waals surface area contributed by atoms with Crippen LogP contribution in [0.25, 0.3) is 0 Å². The standard InChI is InChI=1S/C17H40N2O3Si/c1-5-7-12-18-14-9-10-16-22-23(20-3,21-4)17-11-15-19-13-8-6-2/h18-19H,5-17H2,1-4H3. The van der Waals surface area contributed by atoms with E-state index in [-0.39, 0.29) is 0 Å². The first kappa shape index (κ1) is 23.0. The van der Waals surface area contributed by atoms with E-state index in [2.05, 4.69) is 24.5 Å². The van der Waals surface area contributed by atoms with Crippen molar-refractivity contribution in [1.29, 1.82) is 0 Å². The van der Waals surface area contributed by atoms with E-state index in [0.29, 0.717) is 0 Å². The van der Waals surface area contributed by atoms with Gasteiger partial charge in [-0.05, 0) is 58.3 Å². The number of rotatable bonds is 18. The molecule has 0 radical (unpaired) electrons. The van der Waals surface area contributed by atoms with Crippen molar-refractivity contribution in [2.45, 2.75) is 64.8 Å². The molecule has 0 aromatic heterocycles. The lowest BCUT2D eigenvalue weighted by atomic mass is 10.3. The fraction of sp³-hybridized carbons (Fsp3) is 1.00. The van der Waals surface area contributed by atoms with Crippen molar-refractivity contribution in [2.24, 2.45) is 0 Å². The van der Waals surface area contributed by atoms with Crippen LogP contribution in [0.1, 0.15) is 58.8 Å². The van der Waals surface area contributed by atoms with Gasteiger partial charge in [0.25, 0.3) is 0 Å². The monoisotopic (exact) mass is 348 g/mol. The maximum absolute atomic E-state index is 6.02. The third kappa shape index (κ3) is 13.0. The molecule has 0 atom stereocenters. The van der Waals surface area contributed by atoms with Crippen molar-refractivity contribution in [3.63, 3.8) is 0 Å². The Labute approximate surface area is 145 Å². The van der Waals surface area contributed by atoms with Crippen LogP contribution in [0.15, 0.2) is 0 Å². The lowest BCUT2D eigenvalue weighted by molar-refractivity contribution is 0.0959. The lowest BCUT2D eigenvalue weighted by Crippen LogP contribution is -2.44. The van der Waals surface area contributed by atoms with E-state index in [0.717, 1.165) is 58.1 Å². The number of hydrogen-bond acceptors (Lipinski definition) is 5. The van der Waals surface area contributed by atoms with Gasteiger partial charge < -0.3 is 23.9 Å². The Bertz CT molecular complexity index is 242. The highest BCUT2D eigenvalue weighted by molar-refractivity contribution is 6.60. The molecular formula is C17H40N2O3Si. The molecule has 140 valence electrons. The topological polar surface area (TPSA) is 51.8 Å². The maximum atomic E-state index is 6.02. The summed E-state index contributed by atoms with van der Waals surface area (Å²) in [6.45, 7) is 9.45. The molecule has 0 fully saturated rings. The number of hydrogen-bond donors (Lipinski definition) is 2. The second-order valence-corrected chi connectivity index (χ2v) is 8.93. The molecule has 0 unspecified atom stereocenters. The van der Waals surface area contributed by atoms with E-state index in [4.69, 9.17) is 13.3 Å². The van der Waals surface area contributed by atoms with Gasteiger partial charge in [-0.25, -0.2) is 0 Å². The SMILES string of the molecule is CCCCNCCCCO[Si](CCCNCCCC)(OC)OC. The summed E-state index contributed by atoms with van der Waals surface area (Å²) >= 11 is 0. The molecule has 2 N–H and O–H groups in total. The molecule has 0 rings (SSSR count). The van der Waals surface area contributed by atoms with Crippen LogP contribution in [0.5, 0.6) is 0 Å². The molecule has 5 nitrogen and oxygen atoms in total. The zero-order chi connectivity index (χ0) is 17.2. The summed E-state index contributed by atoms with van der Waals surface area (Å²) in [5, 5.41) is 6.91. The second-order valence-electron chi connectivity index (χ2n) is 5.96. The van der Waals surface area contributed by atoms with Crippen molar-refractivity contribution in [2.75, 3.05) is 47.0 Å². The Morgan fingerprint density at radius 3 is 1.74 bits per heavy atom. The van der Waals surface area contributed by atoms with E-state index in [1.807, 2.05) is 0 Å². The van der Waals surface area contributed by atoms with Crippen molar-refractivity contribution >= 4 is 8.80 Å². The first-order valence-corrected chi connectivity index (χ1v) is 11.3. The summed E-state index contributed by atoms with van der Waals surface area (Å²) in [5.74, 6) is 0. The molecule has 0 amide bonds. The first-order chi connectivity index (χ1) is 11.2. The summed E-state index contributed by atoms with van der Waals surface area (Å²) < 4.78 is 17.3. The fourth-order valence-corrected chi connectivity index (χ4v) is 4.36. The Morgan fingerprint density at radius 1 is 0.696 bits per heavy atom. The van der Waals surface area contributed by atoms with Crippen LogP contribution in [0, 0.1) is 0 Å². The van der Waals surface area contributed by atoms with E-state index < -0.39 is 8.80 Å². The van der Waals surface area contributed by atoms with Gasteiger partial charge in [-0.2, -0.15) is 0 Å². The van der Waals surface area contributed by atoms with Gasteiger partial charge in [-0.1, -0.05) is 26.7 Å². The summed E-state index contributed by atoms with van der Waals surface area (Å²) in [7, 11) is 0.976. The van der Waals surface area contributed by atoms with Crippen molar-refractivity contribution < 1.29 is 13.3 Å². The molecule has 0 aliphatic heterocycles. The van der Waals surface area contributed by atoms with Crippen LogP contribution in [0.2, 0.25) is 6.04 Å². The zero-order valence-electron chi connectivity index (χ0n) is 15.9. The van der Waals surface area contributed by atoms with Gasteiger partial charge in [0.05, 0.1) is 0 Å². The summed E-state index contributed by atoms with van der Waals surface area (Å²) in [5.41, 5.74) is 0. The highest BCUT2D eigenvalue weighted by Gasteiger charge is 2.38. The largest absolute Gasteiger partial charge is 0.500 e. The lowest BCUT2D eigenvalue weighted by Gasteiger charge is -2.26. The van der Waals surface area contributed by atoms with Crippen LogP contribution >= 0.6 is 0 Å². The zero-order valence-corrected chi connectivity index (χ0v) is 16.9. The molecule has 0 saturated heterocycles. The minimum absolute atomic E-state index is 0.729. The van der Waals surface area contributed by atoms with E-state index >= 15 is 0 Å². The highest BCUT2D eigenvalue weighted by atomic mass is 28.4. The summed E-state index contributed by atoms with van der Waals surface area (Å²) in [6, 6.07) is 0.883. The van der Waals surface area contributed by atoms with Crippen LogP contribution in [-0.4, -0.2) is 55.8 Å². The molecule has 0 spiro atoms. The van der Waals surface area contributed by atoms with Gasteiger partial charge in [0.2, 0.25) is 0 Å². The van der Waals surface area contributed by atoms with E-state index in [9.17, 15) is 0 Å². The van der Waals surface area contributed by atoms with Gasteiger partial charge in [-0.15, -0.1) is 0 Å². The normalized spacial score (nSPS) is 12.0. The van der Waals surface area contributed by atoms with Crippen LogP contribution in [0.3, 0.4) is 0 Å². The third-order valence-corrected chi connectivity index (χ3v) is 6.80. The van der Waals surface area contributed by atoms with Gasteiger partial charge >= 0.3 is 8.80 Å². The minimum atomic E-state index is -2.45. The Kier molecular flexibility index (Phi) is 16.9. The Hall–Kier alpha value is 0.0169. The van der Waals surface area contributed by atoms with Crippen molar-refractivity contribution in [1.82, 2.24) is 10.6 Å². The highest BCUT2D eigenvalue weighted by Crippen LogP contribution is 2.16. The molecule has 0 heterocycles. The van der Waals surface area contributed by atoms with Gasteiger partial charge in [0.15, 0.2) is 0 Å². The van der Waals surface area contributed by atoms with Gasteiger partial charge in [-0.3, -0.25) is 0 Å². The van der Waals surface area contributed by atoms with Crippen molar-refractivity contribution in [3.05, 3.63) is 0 Å². The first-order valence-electron chi connectivity index (χ1n) is 9.40. The molecule has 0 bridgehead atoms. The van der Waals surface area contributed by atoms with Crippen LogP contribution < -0.4 is 10.6 Å². The number of unbranched alkanes of at least 4 members (excludes halogenated alkanes) is 3. The van der Waals surface area contributed by atoms with Crippen LogP contribution in [-0.2, 0) is 13.3 Å². The third-order valence-electron chi connectivity index (χ3n) is 3.94. The van der Waals surface area contributed by atoms with E-state index in [1.54, 1.807) is 14.2 Å². The molecule has 0 aromatic carbocycles. The second kappa shape index (κ2) is 16.9. The molecule has 0 aromatic rings. The average Bonchev–Trinajstić information content (AvgIpc) is 2.58. The predicted molar refractivity (Wildman–Crippen MR) is 99.9 cm³/mol. The summed E-state index contributed by atoms with van der Waals surface area (Å²) in [6.07, 6.45) is 8.20. The van der Waals surface area contributed by atoms with E-state index in [1.165, 1.54) is 25.7 Å². The Balaban J connectivity index is 3.73. The average molecular weight is 349 g/mol. The quantitative estimate of drug-likeness (QED) is 0.294. The molecule has 0 aliphatic rings. The number of nitrogens with one attached hydrogen (secondary N) is 2. The molecule has 0 saturated carbocycles.